The average molecular weight is 329 g/mol. The van der Waals surface area contributed by atoms with Gasteiger partial charge in [0.25, 0.3) is 0 Å². The number of carboxylic acid groups (broad SMARTS) is 2. The Morgan fingerprint density at radius 1 is 0.917 bits per heavy atom. The van der Waals surface area contributed by atoms with E-state index in [1.165, 1.54) is 5.56 Å². The monoisotopic (exact) mass is 329 g/mol. The quantitative estimate of drug-likeness (QED) is 0.682. The summed E-state index contributed by atoms with van der Waals surface area (Å²) in [5, 5.41) is 17.9. The van der Waals surface area contributed by atoms with Crippen LogP contribution in [0.2, 0.25) is 0 Å². The molecule has 0 aliphatic rings. The standard InChI is InChI=1S/C18H19NO5/c19-15(17(20)21)11-16(18(22)23)24-14-8-6-13(7-9-14)10-12-4-2-1-3-5-12/h1-9,15-16H,10-11,19H2,(H,20,21)(H,22,23). The van der Waals surface area contributed by atoms with Gasteiger partial charge in [0.2, 0.25) is 0 Å². The Morgan fingerprint density at radius 3 is 2.04 bits per heavy atom. The lowest BCUT2D eigenvalue weighted by atomic mass is 10.1. The summed E-state index contributed by atoms with van der Waals surface area (Å²) in [5.74, 6) is -2.15. The minimum atomic E-state index is -1.31. The van der Waals surface area contributed by atoms with Gasteiger partial charge in [0.15, 0.2) is 6.10 Å². The summed E-state index contributed by atoms with van der Waals surface area (Å²) >= 11 is 0. The molecule has 2 unspecified atom stereocenters. The minimum Gasteiger partial charge on any atom is -0.480 e. The van der Waals surface area contributed by atoms with Crippen molar-refractivity contribution in [2.45, 2.75) is 25.0 Å². The summed E-state index contributed by atoms with van der Waals surface area (Å²) in [5.41, 5.74) is 7.60. The van der Waals surface area contributed by atoms with Crippen LogP contribution in [0.1, 0.15) is 17.5 Å². The molecule has 2 aromatic carbocycles. The third-order valence-corrected chi connectivity index (χ3v) is 3.51. The van der Waals surface area contributed by atoms with Gasteiger partial charge < -0.3 is 20.7 Å². The molecule has 2 atom stereocenters. The number of carboxylic acids is 2. The van der Waals surface area contributed by atoms with E-state index in [0.717, 1.165) is 12.0 Å². The van der Waals surface area contributed by atoms with Crippen LogP contribution in [-0.2, 0) is 16.0 Å². The Hall–Kier alpha value is -2.86. The Labute approximate surface area is 139 Å². The van der Waals surface area contributed by atoms with E-state index < -0.39 is 24.1 Å². The first-order chi connectivity index (χ1) is 11.5. The van der Waals surface area contributed by atoms with E-state index >= 15 is 0 Å². The van der Waals surface area contributed by atoms with E-state index in [2.05, 4.69) is 0 Å². The molecule has 0 spiro atoms. The first-order valence-electron chi connectivity index (χ1n) is 7.46. The summed E-state index contributed by atoms with van der Waals surface area (Å²) < 4.78 is 5.36. The van der Waals surface area contributed by atoms with Gasteiger partial charge in [0, 0.05) is 6.42 Å². The number of aliphatic carboxylic acids is 2. The van der Waals surface area contributed by atoms with Crippen LogP contribution in [0.25, 0.3) is 0 Å². The van der Waals surface area contributed by atoms with E-state index in [9.17, 15) is 9.59 Å². The van der Waals surface area contributed by atoms with Gasteiger partial charge in [-0.15, -0.1) is 0 Å². The fourth-order valence-corrected chi connectivity index (χ4v) is 2.21. The lowest BCUT2D eigenvalue weighted by molar-refractivity contribution is -0.146. The molecule has 0 aliphatic heterocycles. The SMILES string of the molecule is NC(CC(Oc1ccc(Cc2ccccc2)cc1)C(=O)O)C(=O)O. The zero-order valence-electron chi connectivity index (χ0n) is 13.0. The van der Waals surface area contributed by atoms with Crippen molar-refractivity contribution < 1.29 is 24.5 Å². The van der Waals surface area contributed by atoms with Gasteiger partial charge in [0.1, 0.15) is 11.8 Å². The predicted octanol–water partition coefficient (Wildman–Crippen LogP) is 1.91. The molecular formula is C18H19NO5. The maximum absolute atomic E-state index is 11.2. The molecule has 2 aromatic rings. The van der Waals surface area contributed by atoms with Gasteiger partial charge in [-0.3, -0.25) is 4.79 Å². The smallest absolute Gasteiger partial charge is 0.344 e. The molecule has 0 saturated heterocycles. The first kappa shape index (κ1) is 17.5. The van der Waals surface area contributed by atoms with Crippen LogP contribution >= 0.6 is 0 Å². The second-order valence-electron chi connectivity index (χ2n) is 5.43. The Balaban J connectivity index is 2.01. The van der Waals surface area contributed by atoms with Crippen molar-refractivity contribution in [3.63, 3.8) is 0 Å². The van der Waals surface area contributed by atoms with Crippen LogP contribution in [0.3, 0.4) is 0 Å². The number of rotatable bonds is 8. The van der Waals surface area contributed by atoms with Crippen molar-refractivity contribution in [2.75, 3.05) is 0 Å². The second-order valence-corrected chi connectivity index (χ2v) is 5.43. The molecule has 0 fully saturated rings. The minimum absolute atomic E-state index is 0.309. The highest BCUT2D eigenvalue weighted by molar-refractivity contribution is 5.77. The highest BCUT2D eigenvalue weighted by atomic mass is 16.5. The molecule has 0 bridgehead atoms. The van der Waals surface area contributed by atoms with Crippen molar-refractivity contribution in [3.05, 3.63) is 65.7 Å². The molecule has 0 heterocycles. The van der Waals surface area contributed by atoms with Gasteiger partial charge in [-0.1, -0.05) is 42.5 Å². The van der Waals surface area contributed by atoms with E-state index in [1.54, 1.807) is 12.1 Å². The summed E-state index contributed by atoms with van der Waals surface area (Å²) in [6, 6.07) is 15.7. The van der Waals surface area contributed by atoms with Crippen LogP contribution in [0.4, 0.5) is 0 Å². The number of carbonyl (C=O) groups is 2. The van der Waals surface area contributed by atoms with Crippen LogP contribution in [0, 0.1) is 0 Å². The van der Waals surface area contributed by atoms with Gasteiger partial charge in [-0.05, 0) is 29.7 Å². The van der Waals surface area contributed by atoms with Crippen LogP contribution < -0.4 is 10.5 Å². The van der Waals surface area contributed by atoms with E-state index in [-0.39, 0.29) is 6.42 Å². The molecule has 2 rings (SSSR count). The fourth-order valence-electron chi connectivity index (χ4n) is 2.21. The lowest BCUT2D eigenvalue weighted by Crippen LogP contribution is -2.39. The predicted molar refractivity (Wildman–Crippen MR) is 88.0 cm³/mol. The Bertz CT molecular complexity index is 684. The van der Waals surface area contributed by atoms with Crippen molar-refractivity contribution in [2.24, 2.45) is 5.73 Å². The molecule has 0 aromatic heterocycles. The first-order valence-corrected chi connectivity index (χ1v) is 7.46. The van der Waals surface area contributed by atoms with Crippen molar-refractivity contribution in [1.29, 1.82) is 0 Å². The Morgan fingerprint density at radius 2 is 1.50 bits per heavy atom. The molecule has 126 valence electrons. The zero-order valence-corrected chi connectivity index (χ0v) is 13.0. The number of nitrogens with two attached hydrogens (primary N) is 1. The summed E-state index contributed by atoms with van der Waals surface area (Å²) in [4.78, 5) is 22.0. The van der Waals surface area contributed by atoms with E-state index in [4.69, 9.17) is 20.7 Å². The van der Waals surface area contributed by atoms with E-state index in [1.807, 2.05) is 42.5 Å². The summed E-state index contributed by atoms with van der Waals surface area (Å²) in [7, 11) is 0. The number of benzene rings is 2. The van der Waals surface area contributed by atoms with Crippen molar-refractivity contribution in [3.8, 4) is 5.75 Å². The van der Waals surface area contributed by atoms with Gasteiger partial charge in [0.05, 0.1) is 0 Å². The maximum atomic E-state index is 11.2. The third kappa shape index (κ3) is 5.10. The molecule has 4 N–H and O–H groups in total. The summed E-state index contributed by atoms with van der Waals surface area (Å²) in [6.45, 7) is 0. The molecule has 0 radical (unpaired) electrons. The largest absolute Gasteiger partial charge is 0.480 e. The Kier molecular flexibility index (Phi) is 5.92. The van der Waals surface area contributed by atoms with Crippen LogP contribution in [-0.4, -0.2) is 34.3 Å². The number of hydrogen-bond acceptors (Lipinski definition) is 4. The van der Waals surface area contributed by atoms with Gasteiger partial charge >= 0.3 is 11.9 Å². The average Bonchev–Trinajstić information content (AvgIpc) is 2.56. The van der Waals surface area contributed by atoms with Gasteiger partial charge in [-0.25, -0.2) is 4.79 Å². The molecule has 0 amide bonds. The highest BCUT2D eigenvalue weighted by Crippen LogP contribution is 2.18. The molecule has 6 nitrogen and oxygen atoms in total. The molecule has 24 heavy (non-hydrogen) atoms. The molecule has 0 aliphatic carbocycles. The highest BCUT2D eigenvalue weighted by Gasteiger charge is 2.26. The van der Waals surface area contributed by atoms with Crippen LogP contribution in [0.5, 0.6) is 5.75 Å². The third-order valence-electron chi connectivity index (χ3n) is 3.51. The zero-order chi connectivity index (χ0) is 17.5. The molecule has 0 saturated carbocycles. The fraction of sp³-hybridized carbons (Fsp3) is 0.222. The number of hydrogen-bond donors (Lipinski definition) is 3. The van der Waals surface area contributed by atoms with Crippen molar-refractivity contribution in [1.82, 2.24) is 0 Å². The van der Waals surface area contributed by atoms with Crippen LogP contribution in [0.15, 0.2) is 54.6 Å². The van der Waals surface area contributed by atoms with E-state index in [0.29, 0.717) is 5.75 Å². The lowest BCUT2D eigenvalue weighted by Gasteiger charge is -2.17. The topological polar surface area (TPSA) is 110 Å². The normalized spacial score (nSPS) is 13.0. The molecule has 6 heteroatoms. The summed E-state index contributed by atoms with van der Waals surface area (Å²) in [6.07, 6.45) is -0.861. The number of ether oxygens (including phenoxy) is 1. The second kappa shape index (κ2) is 8.12. The molecular weight excluding hydrogens is 310 g/mol. The van der Waals surface area contributed by atoms with Gasteiger partial charge in [-0.2, -0.15) is 0 Å². The van der Waals surface area contributed by atoms with Crippen molar-refractivity contribution >= 4 is 11.9 Å². The maximum Gasteiger partial charge on any atom is 0.344 e.